The number of ether oxygens (including phenoxy) is 5. The maximum Gasteiger partial charge on any atom is 0.330 e. The van der Waals surface area contributed by atoms with Gasteiger partial charge in [0.15, 0.2) is 11.5 Å². The van der Waals surface area contributed by atoms with Crippen molar-refractivity contribution in [1.29, 1.82) is 0 Å². The van der Waals surface area contributed by atoms with E-state index in [0.717, 1.165) is 0 Å². The standard InChI is InChI=1S/C20H21ClO6/c1-23-17-12-14(13-18(24-2)20(17)25-3)4-9-19(22)27-11-10-26-16-7-5-15(21)6-8-16/h4-9,12-13H,10-11H2,1-3H3. The van der Waals surface area contributed by atoms with E-state index in [9.17, 15) is 4.79 Å². The third-order valence-corrected chi connectivity index (χ3v) is 3.76. The maximum atomic E-state index is 11.8. The summed E-state index contributed by atoms with van der Waals surface area (Å²) in [6, 6.07) is 10.4. The van der Waals surface area contributed by atoms with Crippen molar-refractivity contribution >= 4 is 23.6 Å². The molecule has 0 aliphatic heterocycles. The molecule has 144 valence electrons. The summed E-state index contributed by atoms with van der Waals surface area (Å²) in [6.07, 6.45) is 2.93. The Morgan fingerprint density at radius 1 is 0.963 bits per heavy atom. The van der Waals surface area contributed by atoms with E-state index in [4.69, 9.17) is 35.3 Å². The van der Waals surface area contributed by atoms with Gasteiger partial charge in [0.1, 0.15) is 19.0 Å². The molecule has 0 saturated carbocycles. The van der Waals surface area contributed by atoms with Crippen LogP contribution in [-0.4, -0.2) is 40.5 Å². The molecule has 2 rings (SSSR count). The molecule has 0 aliphatic rings. The molecule has 0 saturated heterocycles. The lowest BCUT2D eigenvalue weighted by Gasteiger charge is -2.12. The fourth-order valence-electron chi connectivity index (χ4n) is 2.24. The first-order chi connectivity index (χ1) is 13.1. The van der Waals surface area contributed by atoms with Crippen molar-refractivity contribution < 1.29 is 28.5 Å². The minimum atomic E-state index is -0.483. The van der Waals surface area contributed by atoms with Crippen LogP contribution in [0.5, 0.6) is 23.0 Å². The van der Waals surface area contributed by atoms with Crippen molar-refractivity contribution in [1.82, 2.24) is 0 Å². The van der Waals surface area contributed by atoms with E-state index < -0.39 is 5.97 Å². The Balaban J connectivity index is 1.87. The Morgan fingerprint density at radius 2 is 1.59 bits per heavy atom. The van der Waals surface area contributed by atoms with Crippen LogP contribution in [0, 0.1) is 0 Å². The summed E-state index contributed by atoms with van der Waals surface area (Å²) in [7, 11) is 4.58. The SMILES string of the molecule is COc1cc(C=CC(=O)OCCOc2ccc(Cl)cc2)cc(OC)c1OC. The van der Waals surface area contributed by atoms with Crippen molar-refractivity contribution in [2.45, 2.75) is 0 Å². The van der Waals surface area contributed by atoms with E-state index in [0.29, 0.717) is 33.6 Å². The number of carbonyl (C=O) groups excluding carboxylic acids is 1. The zero-order chi connectivity index (χ0) is 19.6. The van der Waals surface area contributed by atoms with Crippen LogP contribution in [0.25, 0.3) is 6.08 Å². The van der Waals surface area contributed by atoms with Gasteiger partial charge in [-0.15, -0.1) is 0 Å². The fourth-order valence-corrected chi connectivity index (χ4v) is 2.37. The molecule has 27 heavy (non-hydrogen) atoms. The Morgan fingerprint density at radius 3 is 2.15 bits per heavy atom. The summed E-state index contributed by atoms with van der Waals surface area (Å²) in [5, 5.41) is 0.630. The number of benzene rings is 2. The molecule has 0 unspecified atom stereocenters. The molecule has 0 bridgehead atoms. The average Bonchev–Trinajstić information content (AvgIpc) is 2.70. The number of halogens is 1. The van der Waals surface area contributed by atoms with E-state index in [2.05, 4.69) is 0 Å². The van der Waals surface area contributed by atoms with Crippen molar-refractivity contribution in [3.05, 3.63) is 53.1 Å². The minimum absolute atomic E-state index is 0.126. The predicted molar refractivity (Wildman–Crippen MR) is 103 cm³/mol. The highest BCUT2D eigenvalue weighted by atomic mass is 35.5. The topological polar surface area (TPSA) is 63.2 Å². The second-order valence-electron chi connectivity index (χ2n) is 5.26. The van der Waals surface area contributed by atoms with Crippen LogP contribution < -0.4 is 18.9 Å². The van der Waals surface area contributed by atoms with E-state index in [1.165, 1.54) is 27.4 Å². The summed E-state index contributed by atoms with van der Waals surface area (Å²) >= 11 is 5.80. The molecule has 0 amide bonds. The summed E-state index contributed by atoms with van der Waals surface area (Å²) in [4.78, 5) is 11.8. The molecule has 6 nitrogen and oxygen atoms in total. The molecule has 2 aromatic carbocycles. The highest BCUT2D eigenvalue weighted by Crippen LogP contribution is 2.38. The molecule has 0 atom stereocenters. The highest BCUT2D eigenvalue weighted by molar-refractivity contribution is 6.30. The van der Waals surface area contributed by atoms with E-state index in [1.807, 2.05) is 0 Å². The maximum absolute atomic E-state index is 11.8. The number of hydrogen-bond donors (Lipinski definition) is 0. The lowest BCUT2D eigenvalue weighted by molar-refractivity contribution is -0.138. The smallest absolute Gasteiger partial charge is 0.330 e. The van der Waals surface area contributed by atoms with Gasteiger partial charge < -0.3 is 23.7 Å². The Hall–Kier alpha value is -2.86. The highest BCUT2D eigenvalue weighted by Gasteiger charge is 2.12. The van der Waals surface area contributed by atoms with Gasteiger partial charge in [-0.05, 0) is 48.0 Å². The van der Waals surface area contributed by atoms with Gasteiger partial charge in [0, 0.05) is 11.1 Å². The molecular formula is C20H21ClO6. The van der Waals surface area contributed by atoms with Gasteiger partial charge in [0.05, 0.1) is 21.3 Å². The number of carbonyl (C=O) groups is 1. The fraction of sp³-hybridized carbons (Fsp3) is 0.250. The molecule has 0 aliphatic carbocycles. The number of rotatable bonds is 9. The molecule has 0 N–H and O–H groups in total. The molecule has 2 aromatic rings. The van der Waals surface area contributed by atoms with Crippen LogP contribution in [0.15, 0.2) is 42.5 Å². The molecule has 0 fully saturated rings. The van der Waals surface area contributed by atoms with Crippen molar-refractivity contribution in [3.63, 3.8) is 0 Å². The van der Waals surface area contributed by atoms with Crippen LogP contribution in [0.3, 0.4) is 0 Å². The zero-order valence-corrected chi connectivity index (χ0v) is 16.1. The number of methoxy groups -OCH3 is 3. The van der Waals surface area contributed by atoms with Crippen LogP contribution in [0.4, 0.5) is 0 Å². The molecule has 7 heteroatoms. The molecular weight excluding hydrogens is 372 g/mol. The summed E-state index contributed by atoms with van der Waals surface area (Å²) in [5.74, 6) is 1.66. The summed E-state index contributed by atoms with van der Waals surface area (Å²) in [5.41, 5.74) is 0.707. The van der Waals surface area contributed by atoms with Gasteiger partial charge in [-0.2, -0.15) is 0 Å². The van der Waals surface area contributed by atoms with E-state index in [-0.39, 0.29) is 13.2 Å². The number of hydrogen-bond acceptors (Lipinski definition) is 6. The molecule has 0 heterocycles. The van der Waals surface area contributed by atoms with Crippen molar-refractivity contribution in [2.75, 3.05) is 34.5 Å². The van der Waals surface area contributed by atoms with Gasteiger partial charge in [0.2, 0.25) is 5.75 Å². The molecule has 0 radical (unpaired) electrons. The van der Waals surface area contributed by atoms with Crippen LogP contribution >= 0.6 is 11.6 Å². The quantitative estimate of drug-likeness (QED) is 0.365. The Kier molecular flexibility index (Phi) is 7.82. The van der Waals surface area contributed by atoms with Gasteiger partial charge in [-0.1, -0.05) is 11.6 Å². The average molecular weight is 393 g/mol. The third kappa shape index (κ3) is 6.11. The third-order valence-electron chi connectivity index (χ3n) is 3.51. The van der Waals surface area contributed by atoms with Gasteiger partial charge in [-0.25, -0.2) is 4.79 Å². The van der Waals surface area contributed by atoms with Crippen LogP contribution in [-0.2, 0) is 9.53 Å². The van der Waals surface area contributed by atoms with Crippen LogP contribution in [0.1, 0.15) is 5.56 Å². The van der Waals surface area contributed by atoms with Gasteiger partial charge in [0.25, 0.3) is 0 Å². The molecule has 0 aromatic heterocycles. The normalized spacial score (nSPS) is 10.5. The van der Waals surface area contributed by atoms with Gasteiger partial charge >= 0.3 is 5.97 Å². The lowest BCUT2D eigenvalue weighted by Crippen LogP contribution is -2.10. The first kappa shape index (κ1) is 20.5. The summed E-state index contributed by atoms with van der Waals surface area (Å²) < 4.78 is 26.4. The second kappa shape index (κ2) is 10.3. The van der Waals surface area contributed by atoms with Crippen molar-refractivity contribution in [3.8, 4) is 23.0 Å². The summed E-state index contributed by atoms with van der Waals surface area (Å²) in [6.45, 7) is 0.368. The Labute approximate surface area is 163 Å². The van der Waals surface area contributed by atoms with E-state index in [1.54, 1.807) is 42.5 Å². The molecule has 0 spiro atoms. The van der Waals surface area contributed by atoms with Gasteiger partial charge in [-0.3, -0.25) is 0 Å². The van der Waals surface area contributed by atoms with Crippen LogP contribution in [0.2, 0.25) is 5.02 Å². The Bertz CT molecular complexity index is 761. The number of esters is 1. The van der Waals surface area contributed by atoms with Crippen molar-refractivity contribution in [2.24, 2.45) is 0 Å². The second-order valence-corrected chi connectivity index (χ2v) is 5.70. The first-order valence-corrected chi connectivity index (χ1v) is 8.48. The van der Waals surface area contributed by atoms with E-state index >= 15 is 0 Å². The minimum Gasteiger partial charge on any atom is -0.493 e. The predicted octanol–water partition coefficient (Wildman–Crippen LogP) is 4.00. The zero-order valence-electron chi connectivity index (χ0n) is 15.4. The first-order valence-electron chi connectivity index (χ1n) is 8.10. The monoisotopic (exact) mass is 392 g/mol. The lowest BCUT2D eigenvalue weighted by atomic mass is 10.1. The largest absolute Gasteiger partial charge is 0.493 e.